The predicted octanol–water partition coefficient (Wildman–Crippen LogP) is 5.28. The van der Waals surface area contributed by atoms with E-state index in [1.54, 1.807) is 12.1 Å². The molecule has 0 atom stereocenters. The number of rotatable bonds is 8. The van der Waals surface area contributed by atoms with Crippen LogP contribution in [-0.2, 0) is 13.0 Å². The largest absolute Gasteiger partial charge is 0.491 e. The maximum Gasteiger partial charge on any atom is 0.126 e. The highest BCUT2D eigenvalue weighted by molar-refractivity contribution is 6.35. The molecule has 0 fully saturated rings. The van der Waals surface area contributed by atoms with Gasteiger partial charge in [-0.15, -0.1) is 0 Å². The topological polar surface area (TPSA) is 38.7 Å². The molecule has 1 N–H and O–H groups in total. The van der Waals surface area contributed by atoms with Gasteiger partial charge in [0.1, 0.15) is 18.1 Å². The Balaban J connectivity index is 2.17. The lowest BCUT2D eigenvalue weighted by Crippen LogP contribution is -2.06. The molecule has 0 radical (unpaired) electrons. The van der Waals surface area contributed by atoms with E-state index in [0.717, 1.165) is 29.0 Å². The molecule has 0 aliphatic heterocycles. The third kappa shape index (κ3) is 5.59. The molecule has 0 saturated carbocycles. The average Bonchev–Trinajstić information content (AvgIpc) is 2.52. The summed E-state index contributed by atoms with van der Waals surface area (Å²) in [5, 5.41) is 10.2. The molecular formula is C19H22Cl2O3. The molecule has 0 aliphatic rings. The first kappa shape index (κ1) is 18.9. The molecular weight excluding hydrogens is 347 g/mol. The van der Waals surface area contributed by atoms with E-state index in [4.69, 9.17) is 37.8 Å². The van der Waals surface area contributed by atoms with Crippen LogP contribution in [0.5, 0.6) is 11.5 Å². The average molecular weight is 369 g/mol. The van der Waals surface area contributed by atoms with Gasteiger partial charge in [-0.05, 0) is 50.5 Å². The standard InChI is InChI=1S/C19H22Cl2O3/c1-13(2)24-17-8-6-14(4-3-9-22)19(11-17)23-12-15-5-7-16(20)10-18(15)21/h5-8,10-11,13,22H,3-4,9,12H2,1-2H3. The van der Waals surface area contributed by atoms with Crippen LogP contribution < -0.4 is 9.47 Å². The Morgan fingerprint density at radius 1 is 1.04 bits per heavy atom. The van der Waals surface area contributed by atoms with Crippen LogP contribution in [0.15, 0.2) is 36.4 Å². The zero-order valence-corrected chi connectivity index (χ0v) is 15.4. The first-order valence-electron chi connectivity index (χ1n) is 7.96. The number of halogens is 2. The third-order valence-corrected chi connectivity index (χ3v) is 4.00. The summed E-state index contributed by atoms with van der Waals surface area (Å²) >= 11 is 12.1. The number of aryl methyl sites for hydroxylation is 1. The molecule has 2 aromatic rings. The van der Waals surface area contributed by atoms with Crippen LogP contribution in [0.2, 0.25) is 10.0 Å². The lowest BCUT2D eigenvalue weighted by molar-refractivity contribution is 0.239. The minimum atomic E-state index is 0.0897. The normalized spacial score (nSPS) is 10.9. The highest BCUT2D eigenvalue weighted by Crippen LogP contribution is 2.29. The minimum Gasteiger partial charge on any atom is -0.491 e. The molecule has 130 valence electrons. The molecule has 0 aromatic heterocycles. The summed E-state index contributed by atoms with van der Waals surface area (Å²) in [5.41, 5.74) is 1.90. The summed E-state index contributed by atoms with van der Waals surface area (Å²) < 4.78 is 11.7. The highest BCUT2D eigenvalue weighted by Gasteiger charge is 2.09. The number of hydrogen-bond donors (Lipinski definition) is 1. The summed E-state index contributed by atoms with van der Waals surface area (Å²) in [6.07, 6.45) is 1.51. The van der Waals surface area contributed by atoms with Gasteiger partial charge >= 0.3 is 0 Å². The van der Waals surface area contributed by atoms with Crippen molar-refractivity contribution in [2.45, 2.75) is 39.4 Å². The molecule has 2 aromatic carbocycles. The van der Waals surface area contributed by atoms with Crippen LogP contribution in [0, 0.1) is 0 Å². The van der Waals surface area contributed by atoms with Crippen LogP contribution >= 0.6 is 23.2 Å². The lowest BCUT2D eigenvalue weighted by Gasteiger charge is -2.16. The van der Waals surface area contributed by atoms with Gasteiger partial charge in [0.25, 0.3) is 0 Å². The van der Waals surface area contributed by atoms with E-state index in [-0.39, 0.29) is 12.7 Å². The second-order valence-electron chi connectivity index (χ2n) is 5.79. The van der Waals surface area contributed by atoms with Crippen molar-refractivity contribution < 1.29 is 14.6 Å². The van der Waals surface area contributed by atoms with E-state index in [1.165, 1.54) is 0 Å². The summed E-state index contributed by atoms with van der Waals surface area (Å²) in [7, 11) is 0. The molecule has 3 nitrogen and oxygen atoms in total. The van der Waals surface area contributed by atoms with Crippen LogP contribution in [0.1, 0.15) is 31.4 Å². The van der Waals surface area contributed by atoms with Gasteiger partial charge in [-0.2, -0.15) is 0 Å². The smallest absolute Gasteiger partial charge is 0.126 e. The maximum absolute atomic E-state index is 9.07. The molecule has 0 aliphatic carbocycles. The van der Waals surface area contributed by atoms with Gasteiger partial charge in [0, 0.05) is 28.3 Å². The Labute approximate surface area is 153 Å². The van der Waals surface area contributed by atoms with E-state index in [0.29, 0.717) is 23.1 Å². The molecule has 0 bridgehead atoms. The van der Waals surface area contributed by atoms with Crippen molar-refractivity contribution in [2.24, 2.45) is 0 Å². The molecule has 24 heavy (non-hydrogen) atoms. The van der Waals surface area contributed by atoms with Gasteiger partial charge in [-0.3, -0.25) is 0 Å². The van der Waals surface area contributed by atoms with E-state index in [1.807, 2.05) is 38.1 Å². The van der Waals surface area contributed by atoms with E-state index in [2.05, 4.69) is 0 Å². The fourth-order valence-corrected chi connectivity index (χ4v) is 2.75. The van der Waals surface area contributed by atoms with Gasteiger partial charge < -0.3 is 14.6 Å². The van der Waals surface area contributed by atoms with Crippen molar-refractivity contribution in [1.82, 2.24) is 0 Å². The van der Waals surface area contributed by atoms with Crippen LogP contribution in [0.4, 0.5) is 0 Å². The van der Waals surface area contributed by atoms with Gasteiger partial charge in [-0.1, -0.05) is 35.3 Å². The van der Waals surface area contributed by atoms with Crippen molar-refractivity contribution in [3.8, 4) is 11.5 Å². The maximum atomic E-state index is 9.07. The predicted molar refractivity (Wildman–Crippen MR) is 98.4 cm³/mol. The Hall–Kier alpha value is -1.42. The van der Waals surface area contributed by atoms with Crippen molar-refractivity contribution in [3.05, 3.63) is 57.6 Å². The molecule has 5 heteroatoms. The zero-order valence-electron chi connectivity index (χ0n) is 13.9. The molecule has 0 saturated heterocycles. The quantitative estimate of drug-likeness (QED) is 0.688. The van der Waals surface area contributed by atoms with Crippen LogP contribution in [0.25, 0.3) is 0 Å². The van der Waals surface area contributed by atoms with Gasteiger partial charge in [0.05, 0.1) is 6.10 Å². The Bertz CT molecular complexity index is 672. The second kappa shape index (κ2) is 9.16. The summed E-state index contributed by atoms with van der Waals surface area (Å²) in [6, 6.07) is 11.1. The Kier molecular flexibility index (Phi) is 7.22. The molecule has 2 rings (SSSR count). The zero-order chi connectivity index (χ0) is 17.5. The highest BCUT2D eigenvalue weighted by atomic mass is 35.5. The first-order valence-corrected chi connectivity index (χ1v) is 8.72. The van der Waals surface area contributed by atoms with Crippen molar-refractivity contribution in [3.63, 3.8) is 0 Å². The van der Waals surface area contributed by atoms with Crippen LogP contribution in [0.3, 0.4) is 0 Å². The van der Waals surface area contributed by atoms with Crippen molar-refractivity contribution in [1.29, 1.82) is 0 Å². The van der Waals surface area contributed by atoms with Gasteiger partial charge in [-0.25, -0.2) is 0 Å². The van der Waals surface area contributed by atoms with Crippen molar-refractivity contribution in [2.75, 3.05) is 6.61 Å². The number of ether oxygens (including phenoxy) is 2. The number of aliphatic hydroxyl groups excluding tert-OH is 1. The number of benzene rings is 2. The van der Waals surface area contributed by atoms with Crippen molar-refractivity contribution >= 4 is 23.2 Å². The minimum absolute atomic E-state index is 0.0897. The Morgan fingerprint density at radius 2 is 1.79 bits per heavy atom. The van der Waals surface area contributed by atoms with Gasteiger partial charge in [0.15, 0.2) is 0 Å². The van der Waals surface area contributed by atoms with Crippen LogP contribution in [-0.4, -0.2) is 17.8 Å². The monoisotopic (exact) mass is 368 g/mol. The molecule has 0 spiro atoms. The van der Waals surface area contributed by atoms with E-state index >= 15 is 0 Å². The summed E-state index contributed by atoms with van der Waals surface area (Å²) in [5.74, 6) is 1.50. The molecule has 0 unspecified atom stereocenters. The lowest BCUT2D eigenvalue weighted by atomic mass is 10.1. The third-order valence-electron chi connectivity index (χ3n) is 3.41. The number of hydrogen-bond acceptors (Lipinski definition) is 3. The molecule has 0 heterocycles. The fourth-order valence-electron chi connectivity index (χ4n) is 2.28. The SMILES string of the molecule is CC(C)Oc1ccc(CCCO)c(OCc2ccc(Cl)cc2Cl)c1. The fraction of sp³-hybridized carbons (Fsp3) is 0.368. The second-order valence-corrected chi connectivity index (χ2v) is 6.63. The van der Waals surface area contributed by atoms with Gasteiger partial charge in [0.2, 0.25) is 0 Å². The van der Waals surface area contributed by atoms with E-state index in [9.17, 15) is 0 Å². The Morgan fingerprint density at radius 3 is 2.46 bits per heavy atom. The van der Waals surface area contributed by atoms with E-state index < -0.39 is 0 Å². The first-order chi connectivity index (χ1) is 11.5. The summed E-state index contributed by atoms with van der Waals surface area (Å²) in [4.78, 5) is 0. The number of aliphatic hydroxyl groups is 1. The molecule has 0 amide bonds. The summed E-state index contributed by atoms with van der Waals surface area (Å²) in [6.45, 7) is 4.45.